The smallest absolute Gasteiger partial charge is 0.247 e. The summed E-state index contributed by atoms with van der Waals surface area (Å²) in [5.41, 5.74) is 6.14. The van der Waals surface area contributed by atoms with Crippen molar-refractivity contribution >= 4 is 5.91 Å². The molecule has 0 spiro atoms. The summed E-state index contributed by atoms with van der Waals surface area (Å²) in [7, 11) is 0. The minimum atomic E-state index is -0.346. The molecule has 17 heavy (non-hydrogen) atoms. The highest BCUT2D eigenvalue weighted by atomic mass is 16.5. The second kappa shape index (κ2) is 5.24. The molecule has 1 saturated heterocycles. The van der Waals surface area contributed by atoms with Crippen LogP contribution in [0.5, 0.6) is 0 Å². The Bertz CT molecular complexity index is 386. The van der Waals surface area contributed by atoms with E-state index in [4.69, 9.17) is 10.5 Å². The van der Waals surface area contributed by atoms with Gasteiger partial charge in [-0.15, -0.1) is 5.10 Å². The number of ether oxygens (including phenoxy) is 1. The molecule has 2 N–H and O–H groups in total. The first kappa shape index (κ1) is 12.0. The normalized spacial score (nSPS) is 18.1. The summed E-state index contributed by atoms with van der Waals surface area (Å²) >= 11 is 0. The van der Waals surface area contributed by atoms with Crippen molar-refractivity contribution < 1.29 is 9.53 Å². The summed E-state index contributed by atoms with van der Waals surface area (Å²) in [6.07, 6.45) is 1.71. The minimum absolute atomic E-state index is 0.0433. The molecular formula is C10H17N5O2. The predicted octanol–water partition coefficient (Wildman–Crippen LogP) is -0.843. The number of morpholine rings is 1. The van der Waals surface area contributed by atoms with Crippen LogP contribution in [0.4, 0.5) is 0 Å². The summed E-state index contributed by atoms with van der Waals surface area (Å²) in [4.78, 5) is 13.9. The van der Waals surface area contributed by atoms with Crippen LogP contribution in [-0.2, 0) is 16.1 Å². The highest BCUT2D eigenvalue weighted by Gasteiger charge is 2.24. The van der Waals surface area contributed by atoms with Crippen LogP contribution in [0.2, 0.25) is 0 Å². The third-order valence-electron chi connectivity index (χ3n) is 2.84. The lowest BCUT2D eigenvalue weighted by atomic mass is 10.2. The molecule has 0 saturated carbocycles. The quantitative estimate of drug-likeness (QED) is 0.743. The van der Waals surface area contributed by atoms with Gasteiger partial charge in [0.15, 0.2) is 0 Å². The summed E-state index contributed by atoms with van der Waals surface area (Å²) in [5.74, 6) is 0.0433. The van der Waals surface area contributed by atoms with Crippen LogP contribution in [0, 0.1) is 0 Å². The molecular weight excluding hydrogens is 222 g/mol. The monoisotopic (exact) mass is 239 g/mol. The Kier molecular flexibility index (Phi) is 3.70. The van der Waals surface area contributed by atoms with Crippen molar-refractivity contribution in [3.05, 3.63) is 11.9 Å². The number of carbonyl (C=O) groups excluding carboxylic acids is 1. The third kappa shape index (κ3) is 2.62. The van der Waals surface area contributed by atoms with Gasteiger partial charge in [0.1, 0.15) is 6.04 Å². The zero-order valence-corrected chi connectivity index (χ0v) is 9.87. The fourth-order valence-electron chi connectivity index (χ4n) is 1.76. The van der Waals surface area contributed by atoms with Gasteiger partial charge in [-0.2, -0.15) is 0 Å². The zero-order valence-electron chi connectivity index (χ0n) is 9.87. The second-order valence-electron chi connectivity index (χ2n) is 4.01. The number of aromatic nitrogens is 3. The van der Waals surface area contributed by atoms with E-state index in [0.717, 1.165) is 0 Å². The summed E-state index contributed by atoms with van der Waals surface area (Å²) < 4.78 is 6.77. The van der Waals surface area contributed by atoms with E-state index < -0.39 is 0 Å². The Hall–Kier alpha value is -1.47. The average Bonchev–Trinajstić information content (AvgIpc) is 2.87. The highest BCUT2D eigenvalue weighted by Crippen LogP contribution is 2.10. The van der Waals surface area contributed by atoms with E-state index in [0.29, 0.717) is 38.5 Å². The van der Waals surface area contributed by atoms with Crippen LogP contribution >= 0.6 is 0 Å². The molecule has 2 heterocycles. The van der Waals surface area contributed by atoms with Crippen molar-refractivity contribution in [1.82, 2.24) is 19.9 Å². The number of hydrogen-bond donors (Lipinski definition) is 1. The molecule has 1 fully saturated rings. The van der Waals surface area contributed by atoms with Gasteiger partial charge in [0.25, 0.3) is 0 Å². The van der Waals surface area contributed by atoms with Crippen molar-refractivity contribution in [2.75, 3.05) is 26.3 Å². The number of carbonyl (C=O) groups is 1. The molecule has 1 amide bonds. The number of amides is 1. The van der Waals surface area contributed by atoms with E-state index in [9.17, 15) is 4.79 Å². The minimum Gasteiger partial charge on any atom is -0.378 e. The first-order valence-electron chi connectivity index (χ1n) is 5.69. The standard InChI is InChI=1S/C10H17N5O2/c1-8(15-7-9(6-11)12-13-15)10(16)14-2-4-17-5-3-14/h7-8H,2-6,11H2,1H3. The van der Waals surface area contributed by atoms with Gasteiger partial charge >= 0.3 is 0 Å². The van der Waals surface area contributed by atoms with Crippen LogP contribution in [0.1, 0.15) is 18.7 Å². The van der Waals surface area contributed by atoms with Gasteiger partial charge in [0.05, 0.1) is 25.1 Å². The lowest BCUT2D eigenvalue weighted by Gasteiger charge is -2.29. The number of rotatable bonds is 3. The molecule has 1 aliphatic heterocycles. The SMILES string of the molecule is CC(C(=O)N1CCOCC1)n1cc(CN)nn1. The Morgan fingerprint density at radius 1 is 1.59 bits per heavy atom. The Balaban J connectivity index is 2.02. The molecule has 0 bridgehead atoms. The molecule has 1 atom stereocenters. The Labute approximate surface area is 99.5 Å². The van der Waals surface area contributed by atoms with Gasteiger partial charge in [-0.05, 0) is 6.92 Å². The van der Waals surface area contributed by atoms with Crippen LogP contribution in [0.3, 0.4) is 0 Å². The van der Waals surface area contributed by atoms with Gasteiger partial charge in [-0.1, -0.05) is 5.21 Å². The lowest BCUT2D eigenvalue weighted by molar-refractivity contribution is -0.138. The Morgan fingerprint density at radius 2 is 2.29 bits per heavy atom. The molecule has 0 aliphatic carbocycles. The maximum Gasteiger partial charge on any atom is 0.247 e. The third-order valence-corrected chi connectivity index (χ3v) is 2.84. The molecule has 7 nitrogen and oxygen atoms in total. The maximum atomic E-state index is 12.1. The largest absolute Gasteiger partial charge is 0.378 e. The van der Waals surface area contributed by atoms with E-state index in [-0.39, 0.29) is 11.9 Å². The van der Waals surface area contributed by atoms with Crippen molar-refractivity contribution in [3.8, 4) is 0 Å². The summed E-state index contributed by atoms with van der Waals surface area (Å²) in [5, 5.41) is 7.79. The van der Waals surface area contributed by atoms with E-state index in [1.54, 1.807) is 15.8 Å². The van der Waals surface area contributed by atoms with E-state index in [2.05, 4.69) is 10.3 Å². The first-order valence-corrected chi connectivity index (χ1v) is 5.69. The number of hydrogen-bond acceptors (Lipinski definition) is 5. The zero-order chi connectivity index (χ0) is 12.3. The summed E-state index contributed by atoms with van der Waals surface area (Å²) in [6.45, 7) is 4.63. The van der Waals surface area contributed by atoms with Crippen molar-refractivity contribution in [3.63, 3.8) is 0 Å². The van der Waals surface area contributed by atoms with E-state index >= 15 is 0 Å². The fourth-order valence-corrected chi connectivity index (χ4v) is 1.76. The Morgan fingerprint density at radius 3 is 2.88 bits per heavy atom. The molecule has 1 aromatic heterocycles. The van der Waals surface area contributed by atoms with Crippen LogP contribution < -0.4 is 5.73 Å². The van der Waals surface area contributed by atoms with Gasteiger partial charge in [0.2, 0.25) is 5.91 Å². The predicted molar refractivity (Wildman–Crippen MR) is 60.0 cm³/mol. The van der Waals surface area contributed by atoms with Crippen molar-refractivity contribution in [2.45, 2.75) is 19.5 Å². The van der Waals surface area contributed by atoms with Gasteiger partial charge in [0, 0.05) is 19.6 Å². The first-order chi connectivity index (χ1) is 8.22. The molecule has 0 radical (unpaired) electrons. The van der Waals surface area contributed by atoms with E-state index in [1.807, 2.05) is 6.92 Å². The molecule has 2 rings (SSSR count). The lowest BCUT2D eigenvalue weighted by Crippen LogP contribution is -2.43. The van der Waals surface area contributed by atoms with Crippen LogP contribution in [0.15, 0.2) is 6.20 Å². The molecule has 7 heteroatoms. The van der Waals surface area contributed by atoms with Gasteiger partial charge < -0.3 is 15.4 Å². The molecule has 94 valence electrons. The van der Waals surface area contributed by atoms with Crippen molar-refractivity contribution in [1.29, 1.82) is 0 Å². The van der Waals surface area contributed by atoms with Gasteiger partial charge in [-0.3, -0.25) is 4.79 Å². The molecule has 1 aliphatic rings. The van der Waals surface area contributed by atoms with E-state index in [1.165, 1.54) is 0 Å². The topological polar surface area (TPSA) is 86.3 Å². The molecule has 1 unspecified atom stereocenters. The van der Waals surface area contributed by atoms with Crippen LogP contribution in [-0.4, -0.2) is 52.1 Å². The number of nitrogens with two attached hydrogens (primary N) is 1. The number of nitrogens with zero attached hydrogens (tertiary/aromatic N) is 4. The van der Waals surface area contributed by atoms with Crippen LogP contribution in [0.25, 0.3) is 0 Å². The maximum absolute atomic E-state index is 12.1. The highest BCUT2D eigenvalue weighted by molar-refractivity contribution is 5.80. The summed E-state index contributed by atoms with van der Waals surface area (Å²) in [6, 6.07) is -0.346. The fraction of sp³-hybridized carbons (Fsp3) is 0.700. The average molecular weight is 239 g/mol. The van der Waals surface area contributed by atoms with Gasteiger partial charge in [-0.25, -0.2) is 4.68 Å². The second-order valence-corrected chi connectivity index (χ2v) is 4.01. The molecule has 0 aromatic carbocycles. The van der Waals surface area contributed by atoms with Crippen molar-refractivity contribution in [2.24, 2.45) is 5.73 Å². The molecule has 1 aromatic rings.